The van der Waals surface area contributed by atoms with E-state index in [0.29, 0.717) is 6.42 Å². The lowest BCUT2D eigenvalue weighted by Crippen LogP contribution is -2.04. The second-order valence-corrected chi connectivity index (χ2v) is 3.29. The molecule has 0 radical (unpaired) electrons. The number of phenolic OH excluding ortho intramolecular Hbond substituents is 1. The van der Waals surface area contributed by atoms with Crippen molar-refractivity contribution in [2.45, 2.75) is 26.2 Å². The van der Waals surface area contributed by atoms with Gasteiger partial charge in [0.1, 0.15) is 0 Å². The summed E-state index contributed by atoms with van der Waals surface area (Å²) in [6.07, 6.45) is 1.65. The van der Waals surface area contributed by atoms with E-state index in [2.05, 4.69) is 0 Å². The average Bonchev–Trinajstić information content (AvgIpc) is 2.23. The van der Waals surface area contributed by atoms with Gasteiger partial charge in [-0.1, -0.05) is 13.3 Å². The number of carbonyl (C=O) groups is 1. The Labute approximate surface area is 86.5 Å². The summed E-state index contributed by atoms with van der Waals surface area (Å²) in [6, 6.07) is 2.09. The Morgan fingerprint density at radius 2 is 2.00 bits per heavy atom. The van der Waals surface area contributed by atoms with Crippen LogP contribution in [0.5, 0.6) is 5.75 Å². The van der Waals surface area contributed by atoms with Gasteiger partial charge >= 0.3 is 0 Å². The Balaban J connectivity index is 2.95. The molecule has 0 saturated heterocycles. The summed E-state index contributed by atoms with van der Waals surface area (Å²) in [5.41, 5.74) is -0.293. The molecule has 0 saturated carbocycles. The summed E-state index contributed by atoms with van der Waals surface area (Å²) < 4.78 is 26.1. The van der Waals surface area contributed by atoms with Gasteiger partial charge in [-0.15, -0.1) is 0 Å². The first-order valence-corrected chi connectivity index (χ1v) is 4.78. The highest BCUT2D eigenvalue weighted by Gasteiger charge is 2.17. The van der Waals surface area contributed by atoms with Crippen LogP contribution in [0.3, 0.4) is 0 Å². The molecule has 0 aliphatic carbocycles. The van der Waals surface area contributed by atoms with Crippen molar-refractivity contribution in [2.24, 2.45) is 0 Å². The van der Waals surface area contributed by atoms with Gasteiger partial charge in [-0.2, -0.15) is 4.39 Å². The number of halogens is 2. The fourth-order valence-electron chi connectivity index (χ4n) is 1.23. The predicted octanol–water partition coefficient (Wildman–Crippen LogP) is 3.04. The Bertz CT molecular complexity index is 375. The van der Waals surface area contributed by atoms with Crippen molar-refractivity contribution in [3.05, 3.63) is 29.3 Å². The zero-order valence-corrected chi connectivity index (χ0v) is 8.39. The van der Waals surface area contributed by atoms with E-state index in [0.717, 1.165) is 18.6 Å². The smallest absolute Gasteiger partial charge is 0.201 e. The second kappa shape index (κ2) is 4.87. The molecule has 0 unspecified atom stereocenters. The zero-order valence-electron chi connectivity index (χ0n) is 8.39. The van der Waals surface area contributed by atoms with Crippen LogP contribution in [0.15, 0.2) is 12.1 Å². The quantitative estimate of drug-likeness (QED) is 0.782. The third kappa shape index (κ3) is 2.52. The van der Waals surface area contributed by atoms with Crippen LogP contribution < -0.4 is 0 Å². The zero-order chi connectivity index (χ0) is 11.4. The Kier molecular flexibility index (Phi) is 3.77. The fraction of sp³-hybridized carbons (Fsp3) is 0.364. The molecule has 0 aliphatic heterocycles. The molecule has 0 aliphatic rings. The standard InChI is InChI=1S/C11H12F2O2/c1-2-3-4-8(14)7-5-6-9(15)11(13)10(7)12/h5-6,15H,2-4H2,1H3. The van der Waals surface area contributed by atoms with Gasteiger partial charge < -0.3 is 5.11 Å². The van der Waals surface area contributed by atoms with Crippen molar-refractivity contribution in [2.75, 3.05) is 0 Å². The van der Waals surface area contributed by atoms with E-state index in [1.165, 1.54) is 0 Å². The lowest BCUT2D eigenvalue weighted by Gasteiger charge is -2.03. The summed E-state index contributed by atoms with van der Waals surface area (Å²) in [6.45, 7) is 1.90. The SMILES string of the molecule is CCCCC(=O)c1ccc(O)c(F)c1F. The van der Waals surface area contributed by atoms with Gasteiger partial charge in [0.2, 0.25) is 5.82 Å². The molecular weight excluding hydrogens is 202 g/mol. The Morgan fingerprint density at radius 1 is 1.33 bits per heavy atom. The van der Waals surface area contributed by atoms with E-state index in [1.807, 2.05) is 6.92 Å². The first-order valence-electron chi connectivity index (χ1n) is 4.78. The Morgan fingerprint density at radius 3 is 2.60 bits per heavy atom. The number of rotatable bonds is 4. The minimum atomic E-state index is -1.36. The van der Waals surface area contributed by atoms with E-state index in [1.54, 1.807) is 0 Å². The number of benzene rings is 1. The molecule has 1 aromatic carbocycles. The van der Waals surface area contributed by atoms with Crippen LogP contribution in [0.25, 0.3) is 0 Å². The Hall–Kier alpha value is -1.45. The van der Waals surface area contributed by atoms with Gasteiger partial charge in [0.05, 0.1) is 5.56 Å². The number of hydrogen-bond donors (Lipinski definition) is 1. The number of unbranched alkanes of at least 4 members (excludes halogenated alkanes) is 1. The molecule has 82 valence electrons. The monoisotopic (exact) mass is 214 g/mol. The number of phenols is 1. The molecule has 4 heteroatoms. The average molecular weight is 214 g/mol. The highest BCUT2D eigenvalue weighted by Crippen LogP contribution is 2.22. The minimum absolute atomic E-state index is 0.192. The maximum atomic E-state index is 13.2. The van der Waals surface area contributed by atoms with Crippen molar-refractivity contribution in [1.82, 2.24) is 0 Å². The number of Topliss-reactive ketones (excluding diaryl/α,β-unsaturated/α-hetero) is 1. The first-order chi connectivity index (χ1) is 7.07. The van der Waals surface area contributed by atoms with Gasteiger partial charge in [0, 0.05) is 6.42 Å². The lowest BCUT2D eigenvalue weighted by molar-refractivity contribution is 0.0974. The summed E-state index contributed by atoms with van der Waals surface area (Å²) in [5, 5.41) is 8.86. The highest BCUT2D eigenvalue weighted by molar-refractivity contribution is 5.96. The first kappa shape index (κ1) is 11.6. The molecule has 0 atom stereocenters. The number of hydrogen-bond acceptors (Lipinski definition) is 2. The van der Waals surface area contributed by atoms with Crippen LogP contribution >= 0.6 is 0 Å². The van der Waals surface area contributed by atoms with Crippen LogP contribution in [-0.2, 0) is 0 Å². The van der Waals surface area contributed by atoms with Crippen LogP contribution in [0.4, 0.5) is 8.78 Å². The van der Waals surface area contributed by atoms with Crippen LogP contribution in [-0.4, -0.2) is 10.9 Å². The summed E-state index contributed by atoms with van der Waals surface area (Å²) in [7, 11) is 0. The molecule has 0 aromatic heterocycles. The third-order valence-electron chi connectivity index (χ3n) is 2.12. The molecule has 0 amide bonds. The van der Waals surface area contributed by atoms with Gasteiger partial charge in [-0.25, -0.2) is 4.39 Å². The molecule has 0 bridgehead atoms. The van der Waals surface area contributed by atoms with Crippen molar-refractivity contribution in [3.8, 4) is 5.75 Å². The molecule has 1 N–H and O–H groups in total. The van der Waals surface area contributed by atoms with Crippen molar-refractivity contribution in [3.63, 3.8) is 0 Å². The normalized spacial score (nSPS) is 10.3. The summed E-state index contributed by atoms with van der Waals surface area (Å²) in [4.78, 5) is 11.4. The fourth-order valence-corrected chi connectivity index (χ4v) is 1.23. The maximum Gasteiger partial charge on any atom is 0.201 e. The predicted molar refractivity (Wildman–Crippen MR) is 51.9 cm³/mol. The molecule has 15 heavy (non-hydrogen) atoms. The summed E-state index contributed by atoms with van der Waals surface area (Å²) >= 11 is 0. The highest BCUT2D eigenvalue weighted by atomic mass is 19.2. The largest absolute Gasteiger partial charge is 0.505 e. The van der Waals surface area contributed by atoms with E-state index in [4.69, 9.17) is 5.11 Å². The van der Waals surface area contributed by atoms with Crippen molar-refractivity contribution >= 4 is 5.78 Å². The maximum absolute atomic E-state index is 13.2. The second-order valence-electron chi connectivity index (χ2n) is 3.29. The topological polar surface area (TPSA) is 37.3 Å². The molecular formula is C11H12F2O2. The van der Waals surface area contributed by atoms with Crippen molar-refractivity contribution in [1.29, 1.82) is 0 Å². The minimum Gasteiger partial charge on any atom is -0.505 e. The lowest BCUT2D eigenvalue weighted by atomic mass is 10.0. The van der Waals surface area contributed by atoms with E-state index >= 15 is 0 Å². The third-order valence-corrected chi connectivity index (χ3v) is 2.12. The van der Waals surface area contributed by atoms with E-state index < -0.39 is 23.2 Å². The molecule has 2 nitrogen and oxygen atoms in total. The molecule has 0 spiro atoms. The van der Waals surface area contributed by atoms with E-state index in [9.17, 15) is 13.6 Å². The van der Waals surface area contributed by atoms with Crippen LogP contribution in [0, 0.1) is 11.6 Å². The molecule has 1 rings (SSSR count). The van der Waals surface area contributed by atoms with Gasteiger partial charge in [0.25, 0.3) is 0 Å². The van der Waals surface area contributed by atoms with Crippen molar-refractivity contribution < 1.29 is 18.7 Å². The summed E-state index contributed by atoms with van der Waals surface area (Å²) in [5.74, 6) is -3.85. The van der Waals surface area contributed by atoms with Crippen LogP contribution in [0.2, 0.25) is 0 Å². The number of carbonyl (C=O) groups excluding carboxylic acids is 1. The van der Waals surface area contributed by atoms with Crippen LogP contribution in [0.1, 0.15) is 36.5 Å². The molecule has 0 heterocycles. The molecule has 1 aromatic rings. The number of ketones is 1. The van der Waals surface area contributed by atoms with Gasteiger partial charge in [-0.05, 0) is 18.6 Å². The van der Waals surface area contributed by atoms with Gasteiger partial charge in [0.15, 0.2) is 17.3 Å². The van der Waals surface area contributed by atoms with Gasteiger partial charge in [-0.3, -0.25) is 4.79 Å². The molecule has 0 fully saturated rings. The number of aromatic hydroxyl groups is 1. The van der Waals surface area contributed by atoms with E-state index in [-0.39, 0.29) is 12.0 Å².